The standard InChI is InChI=1S/C17H26N2S/c1-4-18-13(8-14-19-9(2)10(3)20-14)17-15-11-5-6-12(7-11)16(15)17/h11-13,15-18H,4-8H2,1-3H3. The molecular formula is C17H26N2S. The minimum atomic E-state index is 0.684. The summed E-state index contributed by atoms with van der Waals surface area (Å²) in [5, 5.41) is 5.14. The number of nitrogens with zero attached hydrogens (tertiary/aromatic N) is 1. The molecule has 0 aliphatic heterocycles. The molecule has 0 radical (unpaired) electrons. The first kappa shape index (κ1) is 13.3. The number of aryl methyl sites for hydroxylation is 2. The molecule has 1 aromatic heterocycles. The summed E-state index contributed by atoms with van der Waals surface area (Å²) in [7, 11) is 0. The van der Waals surface area contributed by atoms with E-state index in [1.807, 2.05) is 11.3 Å². The number of likely N-dealkylation sites (N-methyl/N-ethyl adjacent to an activating group) is 1. The van der Waals surface area contributed by atoms with Gasteiger partial charge in [0.1, 0.15) is 0 Å². The van der Waals surface area contributed by atoms with Crippen molar-refractivity contribution in [3.63, 3.8) is 0 Å². The zero-order chi connectivity index (χ0) is 13.9. The summed E-state index contributed by atoms with van der Waals surface area (Å²) in [6.45, 7) is 7.69. The zero-order valence-electron chi connectivity index (χ0n) is 12.9. The lowest BCUT2D eigenvalue weighted by Crippen LogP contribution is -2.35. The fourth-order valence-corrected chi connectivity index (χ4v) is 6.34. The van der Waals surface area contributed by atoms with E-state index < -0.39 is 0 Å². The van der Waals surface area contributed by atoms with Crippen molar-refractivity contribution < 1.29 is 0 Å². The van der Waals surface area contributed by atoms with Crippen molar-refractivity contribution >= 4 is 11.3 Å². The second-order valence-corrected chi connectivity index (χ2v) is 8.47. The number of thiazole rings is 1. The Balaban J connectivity index is 1.48. The van der Waals surface area contributed by atoms with E-state index in [-0.39, 0.29) is 0 Å². The Morgan fingerprint density at radius 1 is 1.25 bits per heavy atom. The van der Waals surface area contributed by atoms with Gasteiger partial charge in [0.15, 0.2) is 0 Å². The van der Waals surface area contributed by atoms with Crippen molar-refractivity contribution in [2.45, 2.75) is 52.5 Å². The van der Waals surface area contributed by atoms with Crippen LogP contribution < -0.4 is 5.32 Å². The largest absolute Gasteiger partial charge is 0.314 e. The quantitative estimate of drug-likeness (QED) is 0.896. The molecule has 4 rings (SSSR count). The van der Waals surface area contributed by atoms with Crippen LogP contribution in [0.15, 0.2) is 0 Å². The van der Waals surface area contributed by atoms with Gasteiger partial charge in [0, 0.05) is 17.3 Å². The highest BCUT2D eigenvalue weighted by Crippen LogP contribution is 2.70. The molecule has 0 spiro atoms. The predicted octanol–water partition coefficient (Wildman–Crippen LogP) is 3.57. The molecule has 5 atom stereocenters. The highest BCUT2D eigenvalue weighted by atomic mass is 32.1. The average molecular weight is 290 g/mol. The molecule has 0 saturated heterocycles. The van der Waals surface area contributed by atoms with E-state index in [4.69, 9.17) is 4.98 Å². The molecule has 1 aromatic rings. The van der Waals surface area contributed by atoms with Crippen LogP contribution in [0.25, 0.3) is 0 Å². The molecule has 110 valence electrons. The van der Waals surface area contributed by atoms with E-state index in [0.29, 0.717) is 6.04 Å². The van der Waals surface area contributed by atoms with Crippen molar-refractivity contribution in [3.05, 3.63) is 15.6 Å². The predicted molar refractivity (Wildman–Crippen MR) is 84.1 cm³/mol. The second-order valence-electron chi connectivity index (χ2n) is 7.18. The molecule has 0 aromatic carbocycles. The van der Waals surface area contributed by atoms with E-state index in [2.05, 4.69) is 26.1 Å². The second kappa shape index (κ2) is 4.81. The Labute approximate surface area is 126 Å². The summed E-state index contributed by atoms with van der Waals surface area (Å²) >= 11 is 1.91. The van der Waals surface area contributed by atoms with E-state index in [1.165, 1.54) is 28.4 Å². The maximum absolute atomic E-state index is 4.77. The molecule has 1 N–H and O–H groups in total. The first-order valence-electron chi connectivity index (χ1n) is 8.35. The molecular weight excluding hydrogens is 264 g/mol. The Morgan fingerprint density at radius 2 is 1.95 bits per heavy atom. The third-order valence-electron chi connectivity index (χ3n) is 6.19. The van der Waals surface area contributed by atoms with E-state index in [1.54, 1.807) is 6.42 Å². The molecule has 3 aliphatic rings. The van der Waals surface area contributed by atoms with E-state index >= 15 is 0 Å². The van der Waals surface area contributed by atoms with Crippen LogP contribution in [0, 0.1) is 43.4 Å². The van der Waals surface area contributed by atoms with Gasteiger partial charge >= 0.3 is 0 Å². The van der Waals surface area contributed by atoms with Gasteiger partial charge in [-0.25, -0.2) is 4.98 Å². The highest BCUT2D eigenvalue weighted by molar-refractivity contribution is 7.11. The summed E-state index contributed by atoms with van der Waals surface area (Å²) in [6.07, 6.45) is 5.76. The summed E-state index contributed by atoms with van der Waals surface area (Å²) in [4.78, 5) is 6.16. The Hall–Kier alpha value is -0.410. The maximum Gasteiger partial charge on any atom is 0.0946 e. The molecule has 3 aliphatic carbocycles. The smallest absolute Gasteiger partial charge is 0.0946 e. The van der Waals surface area contributed by atoms with Crippen LogP contribution in [-0.2, 0) is 6.42 Å². The van der Waals surface area contributed by atoms with Crippen LogP contribution >= 0.6 is 11.3 Å². The van der Waals surface area contributed by atoms with E-state index in [0.717, 1.165) is 42.6 Å². The van der Waals surface area contributed by atoms with Gasteiger partial charge in [0.2, 0.25) is 0 Å². The van der Waals surface area contributed by atoms with Crippen molar-refractivity contribution in [2.24, 2.45) is 29.6 Å². The van der Waals surface area contributed by atoms with Crippen LogP contribution in [0.1, 0.15) is 41.8 Å². The molecule has 0 amide bonds. The van der Waals surface area contributed by atoms with Crippen LogP contribution in [0.2, 0.25) is 0 Å². The number of fused-ring (bicyclic) bond motifs is 5. The van der Waals surface area contributed by atoms with Gasteiger partial charge in [-0.1, -0.05) is 6.92 Å². The van der Waals surface area contributed by atoms with Crippen molar-refractivity contribution in [1.82, 2.24) is 10.3 Å². The van der Waals surface area contributed by atoms with Gasteiger partial charge in [-0.15, -0.1) is 11.3 Å². The summed E-state index contributed by atoms with van der Waals surface area (Å²) in [5.74, 6) is 5.26. The Morgan fingerprint density at radius 3 is 2.50 bits per heavy atom. The number of hydrogen-bond acceptors (Lipinski definition) is 3. The fourth-order valence-electron chi connectivity index (χ4n) is 5.35. The number of hydrogen-bond donors (Lipinski definition) is 1. The molecule has 20 heavy (non-hydrogen) atoms. The summed E-state index contributed by atoms with van der Waals surface area (Å²) in [6, 6.07) is 0.684. The van der Waals surface area contributed by atoms with Gasteiger partial charge in [0.25, 0.3) is 0 Å². The minimum Gasteiger partial charge on any atom is -0.314 e. The average Bonchev–Trinajstić information content (AvgIpc) is 2.69. The Kier molecular flexibility index (Phi) is 3.19. The van der Waals surface area contributed by atoms with Gasteiger partial charge < -0.3 is 5.32 Å². The van der Waals surface area contributed by atoms with E-state index in [9.17, 15) is 0 Å². The minimum absolute atomic E-state index is 0.684. The lowest BCUT2D eigenvalue weighted by molar-refractivity contribution is 0.365. The van der Waals surface area contributed by atoms with Crippen molar-refractivity contribution in [1.29, 1.82) is 0 Å². The van der Waals surface area contributed by atoms with Gasteiger partial charge in [0.05, 0.1) is 10.7 Å². The number of rotatable bonds is 5. The monoisotopic (exact) mass is 290 g/mol. The van der Waals surface area contributed by atoms with Crippen LogP contribution in [0.3, 0.4) is 0 Å². The topological polar surface area (TPSA) is 24.9 Å². The van der Waals surface area contributed by atoms with Crippen molar-refractivity contribution in [3.8, 4) is 0 Å². The molecule has 1 heterocycles. The van der Waals surface area contributed by atoms with Gasteiger partial charge in [-0.2, -0.15) is 0 Å². The van der Waals surface area contributed by atoms with Crippen LogP contribution in [-0.4, -0.2) is 17.6 Å². The zero-order valence-corrected chi connectivity index (χ0v) is 13.7. The van der Waals surface area contributed by atoms with Gasteiger partial charge in [-0.05, 0) is 69.2 Å². The molecule has 3 heteroatoms. The molecule has 2 bridgehead atoms. The molecule has 3 saturated carbocycles. The first-order valence-corrected chi connectivity index (χ1v) is 9.17. The molecule has 2 nitrogen and oxygen atoms in total. The molecule has 3 fully saturated rings. The number of aromatic nitrogens is 1. The van der Waals surface area contributed by atoms with Gasteiger partial charge in [-0.3, -0.25) is 0 Å². The summed E-state index contributed by atoms with van der Waals surface area (Å²) < 4.78 is 0. The third-order valence-corrected chi connectivity index (χ3v) is 7.29. The third kappa shape index (κ3) is 1.97. The maximum atomic E-state index is 4.77. The summed E-state index contributed by atoms with van der Waals surface area (Å²) in [5.41, 5.74) is 1.23. The fraction of sp³-hybridized carbons (Fsp3) is 0.824. The van der Waals surface area contributed by atoms with Crippen LogP contribution in [0.4, 0.5) is 0 Å². The van der Waals surface area contributed by atoms with Crippen molar-refractivity contribution in [2.75, 3.05) is 6.54 Å². The Bertz CT molecular complexity index is 474. The lowest BCUT2D eigenvalue weighted by atomic mass is 9.95. The lowest BCUT2D eigenvalue weighted by Gasteiger charge is -2.20. The first-order chi connectivity index (χ1) is 9.69. The molecule has 5 unspecified atom stereocenters. The SMILES string of the molecule is CCNC(Cc1nc(C)c(C)s1)C1C2C3CCC(C3)C21. The normalized spacial score (nSPS) is 39.0. The number of nitrogens with one attached hydrogen (secondary N) is 1. The highest BCUT2D eigenvalue weighted by Gasteiger charge is 2.66. The van der Waals surface area contributed by atoms with Crippen LogP contribution in [0.5, 0.6) is 0 Å².